The summed E-state index contributed by atoms with van der Waals surface area (Å²) < 4.78 is 32.2. The second-order valence-corrected chi connectivity index (χ2v) is 8.66. The highest BCUT2D eigenvalue weighted by Gasteiger charge is 2.41. The van der Waals surface area contributed by atoms with Crippen molar-refractivity contribution >= 4 is 17.1 Å². The lowest BCUT2D eigenvalue weighted by Gasteiger charge is -2.34. The molecule has 0 aliphatic heterocycles. The van der Waals surface area contributed by atoms with Gasteiger partial charge in [-0.3, -0.25) is 4.40 Å². The molecule has 0 bridgehead atoms. The maximum Gasteiger partial charge on any atom is 0.349 e. The van der Waals surface area contributed by atoms with Gasteiger partial charge in [-0.05, 0) is 36.8 Å². The Morgan fingerprint density at radius 1 is 1.09 bits per heavy atom. The molecule has 0 spiro atoms. The van der Waals surface area contributed by atoms with Crippen molar-refractivity contribution in [3.05, 3.63) is 106 Å². The molecule has 5 aromatic rings. The first-order valence-electron chi connectivity index (χ1n) is 10.6. The molecule has 0 saturated heterocycles. The number of benzene rings is 2. The minimum atomic E-state index is -2.03. The highest BCUT2D eigenvalue weighted by molar-refractivity contribution is 6.30. The van der Waals surface area contributed by atoms with Crippen LogP contribution in [0.5, 0.6) is 0 Å². The van der Waals surface area contributed by atoms with Crippen LogP contribution in [0, 0.1) is 11.6 Å². The topological polar surface area (TPSA) is 90.2 Å². The predicted molar refractivity (Wildman–Crippen MR) is 125 cm³/mol. The molecule has 8 nitrogen and oxygen atoms in total. The number of hydrogen-bond acceptors (Lipinski definition) is 5. The van der Waals surface area contributed by atoms with Crippen molar-refractivity contribution < 1.29 is 13.9 Å². The smallest absolute Gasteiger partial charge is 0.349 e. The molecule has 3 aromatic heterocycles. The van der Waals surface area contributed by atoms with Gasteiger partial charge in [0, 0.05) is 28.4 Å². The third-order valence-electron chi connectivity index (χ3n) is 6.07. The van der Waals surface area contributed by atoms with Gasteiger partial charge in [0.25, 0.3) is 0 Å². The molecule has 178 valence electrons. The largest absolute Gasteiger partial charge is 0.381 e. The van der Waals surface area contributed by atoms with Crippen LogP contribution in [0.15, 0.2) is 78.4 Å². The van der Waals surface area contributed by atoms with Crippen molar-refractivity contribution in [1.29, 1.82) is 0 Å². The molecule has 0 aliphatic carbocycles. The predicted octanol–water partition coefficient (Wildman–Crippen LogP) is 3.84. The second kappa shape index (κ2) is 8.71. The number of nitrogens with zero attached hydrogens (tertiary/aromatic N) is 6. The van der Waals surface area contributed by atoms with Crippen LogP contribution in [0.4, 0.5) is 8.78 Å². The van der Waals surface area contributed by atoms with Gasteiger partial charge >= 0.3 is 5.69 Å². The van der Waals surface area contributed by atoms with E-state index in [-0.39, 0.29) is 12.1 Å². The summed E-state index contributed by atoms with van der Waals surface area (Å²) in [7, 11) is 0. The van der Waals surface area contributed by atoms with Gasteiger partial charge in [0.05, 0.1) is 24.3 Å². The summed E-state index contributed by atoms with van der Waals surface area (Å²) in [6.07, 6.45) is 5.75. The van der Waals surface area contributed by atoms with Crippen LogP contribution in [-0.4, -0.2) is 34.1 Å². The summed E-state index contributed by atoms with van der Waals surface area (Å²) in [6, 6.07) is 10.8. The van der Waals surface area contributed by atoms with E-state index in [4.69, 9.17) is 11.6 Å². The van der Waals surface area contributed by atoms with Crippen LogP contribution in [0.25, 0.3) is 16.6 Å². The molecule has 3 heterocycles. The Balaban J connectivity index is 1.62. The van der Waals surface area contributed by atoms with E-state index in [1.54, 1.807) is 24.4 Å². The van der Waals surface area contributed by atoms with Crippen LogP contribution in [-0.2, 0) is 12.1 Å². The van der Waals surface area contributed by atoms with E-state index in [1.165, 1.54) is 34.9 Å². The Morgan fingerprint density at radius 3 is 2.54 bits per heavy atom. The van der Waals surface area contributed by atoms with Crippen molar-refractivity contribution in [3.8, 4) is 11.1 Å². The molecule has 2 aromatic carbocycles. The van der Waals surface area contributed by atoms with Gasteiger partial charge in [-0.1, -0.05) is 29.8 Å². The second-order valence-electron chi connectivity index (χ2n) is 8.22. The number of aromatic nitrogens is 6. The fraction of sp³-hybridized carbons (Fsp3) is 0.167. The monoisotopic (exact) mass is 496 g/mol. The molecule has 0 radical (unpaired) electrons. The standard InChI is InChI=1S/C24H19ClF2N6O2/c1-15(24(35,12-31-14-28-13-30-31)21-7-6-19(26)9-22(21)27)33-23(34)32-11-17(8-20(32)10-29-33)16-2-4-18(25)5-3-16/h2-11,13-15,35H,12H2,1H3/t15-,24?/m1/s1. The van der Waals surface area contributed by atoms with E-state index in [1.807, 2.05) is 12.1 Å². The Morgan fingerprint density at radius 2 is 1.86 bits per heavy atom. The third kappa shape index (κ3) is 4.11. The lowest BCUT2D eigenvalue weighted by Crippen LogP contribution is -2.45. The average molecular weight is 497 g/mol. The molecule has 1 unspecified atom stereocenters. The summed E-state index contributed by atoms with van der Waals surface area (Å²) in [6.45, 7) is 1.27. The number of aliphatic hydroxyl groups is 1. The van der Waals surface area contributed by atoms with E-state index in [2.05, 4.69) is 15.2 Å². The van der Waals surface area contributed by atoms with E-state index in [9.17, 15) is 18.7 Å². The summed E-state index contributed by atoms with van der Waals surface area (Å²) in [5.74, 6) is -1.75. The van der Waals surface area contributed by atoms with Gasteiger partial charge < -0.3 is 5.11 Å². The zero-order valence-corrected chi connectivity index (χ0v) is 19.1. The first-order chi connectivity index (χ1) is 16.8. The molecule has 0 fully saturated rings. The molecule has 35 heavy (non-hydrogen) atoms. The van der Waals surface area contributed by atoms with Gasteiger partial charge in [-0.2, -0.15) is 10.2 Å². The maximum atomic E-state index is 14.9. The number of fused-ring (bicyclic) bond motifs is 1. The van der Waals surface area contributed by atoms with Gasteiger partial charge in [0.2, 0.25) is 0 Å². The van der Waals surface area contributed by atoms with Gasteiger partial charge in [-0.15, -0.1) is 0 Å². The quantitative estimate of drug-likeness (QED) is 0.386. The van der Waals surface area contributed by atoms with Gasteiger partial charge in [0.15, 0.2) is 0 Å². The van der Waals surface area contributed by atoms with E-state index in [0.717, 1.165) is 27.9 Å². The molecular weight excluding hydrogens is 478 g/mol. The zero-order chi connectivity index (χ0) is 24.7. The average Bonchev–Trinajstić information content (AvgIpc) is 3.49. The Hall–Kier alpha value is -3.89. The SMILES string of the molecule is C[C@@H](n1ncc2cc(-c3ccc(Cl)cc3)cn2c1=O)C(O)(Cn1cncn1)c1ccc(F)cc1F. The number of halogens is 3. The lowest BCUT2D eigenvalue weighted by molar-refractivity contribution is -0.0390. The third-order valence-corrected chi connectivity index (χ3v) is 6.32. The highest BCUT2D eigenvalue weighted by Crippen LogP contribution is 2.36. The summed E-state index contributed by atoms with van der Waals surface area (Å²) in [5.41, 5.74) is -0.611. The number of rotatable bonds is 6. The van der Waals surface area contributed by atoms with Crippen LogP contribution >= 0.6 is 11.6 Å². The molecule has 1 N–H and O–H groups in total. The molecule has 11 heteroatoms. The van der Waals surface area contributed by atoms with Crippen molar-refractivity contribution in [2.75, 3.05) is 0 Å². The maximum absolute atomic E-state index is 14.9. The summed E-state index contributed by atoms with van der Waals surface area (Å²) >= 11 is 5.97. The summed E-state index contributed by atoms with van der Waals surface area (Å²) in [4.78, 5) is 17.3. The first kappa shape index (κ1) is 22.9. The van der Waals surface area contributed by atoms with Crippen LogP contribution < -0.4 is 5.69 Å². The minimum Gasteiger partial charge on any atom is -0.381 e. The van der Waals surface area contributed by atoms with Crippen LogP contribution in [0.1, 0.15) is 18.5 Å². The van der Waals surface area contributed by atoms with E-state index >= 15 is 0 Å². The van der Waals surface area contributed by atoms with Crippen LogP contribution in [0.3, 0.4) is 0 Å². The fourth-order valence-corrected chi connectivity index (χ4v) is 4.26. The lowest BCUT2D eigenvalue weighted by atomic mass is 9.86. The Bertz CT molecular complexity index is 1570. The molecule has 5 rings (SSSR count). The van der Waals surface area contributed by atoms with Crippen molar-refractivity contribution in [3.63, 3.8) is 0 Å². The molecule has 0 saturated carbocycles. The highest BCUT2D eigenvalue weighted by atomic mass is 35.5. The first-order valence-corrected chi connectivity index (χ1v) is 11.0. The van der Waals surface area contributed by atoms with Crippen molar-refractivity contribution in [2.45, 2.75) is 25.1 Å². The zero-order valence-electron chi connectivity index (χ0n) is 18.4. The Kier molecular flexibility index (Phi) is 5.70. The Labute approximate surface area is 202 Å². The normalized spacial score (nSPS) is 14.2. The van der Waals surface area contributed by atoms with E-state index < -0.39 is 29.0 Å². The molecule has 0 amide bonds. The van der Waals surface area contributed by atoms with Crippen molar-refractivity contribution in [1.82, 2.24) is 28.9 Å². The van der Waals surface area contributed by atoms with E-state index in [0.29, 0.717) is 16.6 Å². The molecular formula is C24H19ClF2N6O2. The summed E-state index contributed by atoms with van der Waals surface area (Å²) in [5, 5.41) is 20.6. The minimum absolute atomic E-state index is 0.204. The number of hydrogen-bond donors (Lipinski definition) is 1. The fourth-order valence-electron chi connectivity index (χ4n) is 4.14. The van der Waals surface area contributed by atoms with Gasteiger partial charge in [0.1, 0.15) is 29.9 Å². The molecule has 2 atom stereocenters. The van der Waals surface area contributed by atoms with Gasteiger partial charge in [-0.25, -0.2) is 27.9 Å². The molecule has 0 aliphatic rings. The van der Waals surface area contributed by atoms with Crippen molar-refractivity contribution in [2.24, 2.45) is 0 Å². The van der Waals surface area contributed by atoms with Crippen LogP contribution in [0.2, 0.25) is 5.02 Å².